The number of imide groups is 1. The van der Waals surface area contributed by atoms with Gasteiger partial charge in [-0.15, -0.1) is 0 Å². The number of nitrogens with zero attached hydrogens (tertiary/aromatic N) is 1. The highest BCUT2D eigenvalue weighted by molar-refractivity contribution is 6.08. The molecule has 0 bridgehead atoms. The molecule has 3 N–H and O–H groups in total. The zero-order chi connectivity index (χ0) is 21.0. The van der Waals surface area contributed by atoms with Gasteiger partial charge in [-0.2, -0.15) is 5.01 Å². The minimum Gasteiger partial charge on any atom is -0.472 e. The number of hydrazine groups is 1. The van der Waals surface area contributed by atoms with Crippen molar-refractivity contribution in [2.75, 3.05) is 0 Å². The van der Waals surface area contributed by atoms with Crippen molar-refractivity contribution in [1.29, 1.82) is 0 Å². The standard InChI is InChI=1S/C20H22N4O5/c1-13(21-17(26)15-9-11-29-12-15)16(25)23-24-18(27)20(2,22-19(24)28)10-8-14-6-4-3-5-7-14/h3-7,9,11-13H,8,10H2,1-2H3,(H,21,26)(H,22,28)(H,23,25)/t13-,20-/m1/s1. The van der Waals surface area contributed by atoms with Crippen LogP contribution in [-0.4, -0.2) is 40.3 Å². The van der Waals surface area contributed by atoms with Crippen LogP contribution in [0.25, 0.3) is 0 Å². The number of benzene rings is 1. The quantitative estimate of drug-likeness (QED) is 0.609. The number of furan rings is 1. The molecule has 29 heavy (non-hydrogen) atoms. The second-order valence-corrected chi connectivity index (χ2v) is 7.07. The van der Waals surface area contributed by atoms with Gasteiger partial charge in [0.05, 0.1) is 11.8 Å². The number of urea groups is 1. The van der Waals surface area contributed by atoms with E-state index in [1.54, 1.807) is 6.92 Å². The first-order chi connectivity index (χ1) is 13.8. The van der Waals surface area contributed by atoms with Crippen molar-refractivity contribution in [3.05, 3.63) is 60.1 Å². The molecule has 0 spiro atoms. The number of carbonyl (C=O) groups excluding carboxylic acids is 4. The zero-order valence-electron chi connectivity index (χ0n) is 16.1. The lowest BCUT2D eigenvalue weighted by atomic mass is 9.93. The van der Waals surface area contributed by atoms with E-state index < -0.39 is 35.3 Å². The molecule has 2 aromatic rings. The smallest absolute Gasteiger partial charge is 0.344 e. The van der Waals surface area contributed by atoms with Gasteiger partial charge in [0.1, 0.15) is 17.8 Å². The van der Waals surface area contributed by atoms with E-state index in [1.165, 1.54) is 25.5 Å². The summed E-state index contributed by atoms with van der Waals surface area (Å²) in [6.45, 7) is 3.06. The fourth-order valence-electron chi connectivity index (χ4n) is 2.94. The Hall–Kier alpha value is -3.62. The summed E-state index contributed by atoms with van der Waals surface area (Å²) in [5.74, 6) is -1.76. The Morgan fingerprint density at radius 3 is 2.59 bits per heavy atom. The largest absolute Gasteiger partial charge is 0.472 e. The number of carbonyl (C=O) groups is 4. The average Bonchev–Trinajstić information content (AvgIpc) is 3.31. The predicted molar refractivity (Wildman–Crippen MR) is 102 cm³/mol. The molecule has 5 amide bonds. The van der Waals surface area contributed by atoms with E-state index in [-0.39, 0.29) is 5.56 Å². The van der Waals surface area contributed by atoms with Crippen LogP contribution < -0.4 is 16.1 Å². The van der Waals surface area contributed by atoms with E-state index in [2.05, 4.69) is 16.1 Å². The second-order valence-electron chi connectivity index (χ2n) is 7.07. The highest BCUT2D eigenvalue weighted by Gasteiger charge is 2.48. The molecule has 0 saturated carbocycles. The van der Waals surface area contributed by atoms with Gasteiger partial charge in [0.25, 0.3) is 17.7 Å². The van der Waals surface area contributed by atoms with E-state index in [1.807, 2.05) is 30.3 Å². The number of rotatable bonds is 7. The molecular formula is C20H22N4O5. The lowest BCUT2D eigenvalue weighted by Gasteiger charge is -2.22. The Morgan fingerprint density at radius 1 is 1.21 bits per heavy atom. The third-order valence-corrected chi connectivity index (χ3v) is 4.76. The molecule has 9 nitrogen and oxygen atoms in total. The number of hydrogen-bond donors (Lipinski definition) is 3. The fourth-order valence-corrected chi connectivity index (χ4v) is 2.94. The maximum absolute atomic E-state index is 12.8. The average molecular weight is 398 g/mol. The molecule has 2 heterocycles. The van der Waals surface area contributed by atoms with Gasteiger partial charge < -0.3 is 15.1 Å². The zero-order valence-corrected chi connectivity index (χ0v) is 16.1. The third-order valence-electron chi connectivity index (χ3n) is 4.76. The molecule has 3 rings (SSSR count). The first kappa shape index (κ1) is 20.1. The van der Waals surface area contributed by atoms with Crippen molar-refractivity contribution in [2.45, 2.75) is 38.3 Å². The Labute approximate surface area is 167 Å². The van der Waals surface area contributed by atoms with Gasteiger partial charge in [0.15, 0.2) is 0 Å². The Morgan fingerprint density at radius 2 is 1.93 bits per heavy atom. The van der Waals surface area contributed by atoms with Crippen molar-refractivity contribution in [1.82, 2.24) is 21.1 Å². The molecular weight excluding hydrogens is 376 g/mol. The molecule has 1 saturated heterocycles. The first-order valence-corrected chi connectivity index (χ1v) is 9.14. The second kappa shape index (κ2) is 8.17. The van der Waals surface area contributed by atoms with Gasteiger partial charge in [-0.25, -0.2) is 4.79 Å². The molecule has 1 aromatic heterocycles. The highest BCUT2D eigenvalue weighted by atomic mass is 16.3. The normalized spacial score (nSPS) is 19.6. The molecule has 1 aromatic carbocycles. The summed E-state index contributed by atoms with van der Waals surface area (Å²) in [5.41, 5.74) is 2.43. The molecule has 1 aliphatic heterocycles. The van der Waals surface area contributed by atoms with Crippen LogP contribution in [0.1, 0.15) is 36.2 Å². The summed E-state index contributed by atoms with van der Waals surface area (Å²) in [5, 5.41) is 5.76. The predicted octanol–water partition coefficient (Wildman–Crippen LogP) is 1.37. The number of nitrogens with one attached hydrogen (secondary N) is 3. The van der Waals surface area contributed by atoms with Gasteiger partial charge in [0.2, 0.25) is 0 Å². The summed E-state index contributed by atoms with van der Waals surface area (Å²) in [4.78, 5) is 49.4. The molecule has 9 heteroatoms. The van der Waals surface area contributed by atoms with Crippen LogP contribution in [0, 0.1) is 0 Å². The van der Waals surface area contributed by atoms with E-state index in [4.69, 9.17) is 4.42 Å². The number of hydrogen-bond acceptors (Lipinski definition) is 5. The summed E-state index contributed by atoms with van der Waals surface area (Å²) >= 11 is 0. The Balaban J connectivity index is 1.58. The van der Waals surface area contributed by atoms with E-state index in [9.17, 15) is 19.2 Å². The number of amides is 5. The maximum atomic E-state index is 12.8. The molecule has 0 radical (unpaired) electrons. The van der Waals surface area contributed by atoms with Crippen molar-refractivity contribution in [2.24, 2.45) is 0 Å². The highest BCUT2D eigenvalue weighted by Crippen LogP contribution is 2.22. The molecule has 152 valence electrons. The van der Waals surface area contributed by atoms with Crippen molar-refractivity contribution in [3.63, 3.8) is 0 Å². The molecule has 1 fully saturated rings. The van der Waals surface area contributed by atoms with Gasteiger partial charge in [-0.1, -0.05) is 30.3 Å². The van der Waals surface area contributed by atoms with E-state index in [0.717, 1.165) is 5.56 Å². The van der Waals surface area contributed by atoms with Crippen LogP contribution in [-0.2, 0) is 16.0 Å². The van der Waals surface area contributed by atoms with Gasteiger partial charge in [0, 0.05) is 0 Å². The summed E-state index contributed by atoms with van der Waals surface area (Å²) in [7, 11) is 0. The number of aryl methyl sites for hydroxylation is 1. The van der Waals surface area contributed by atoms with Crippen molar-refractivity contribution >= 4 is 23.8 Å². The summed E-state index contributed by atoms with van der Waals surface area (Å²) in [6.07, 6.45) is 3.54. The van der Waals surface area contributed by atoms with Crippen molar-refractivity contribution in [3.8, 4) is 0 Å². The topological polar surface area (TPSA) is 121 Å². The molecule has 0 aliphatic carbocycles. The summed E-state index contributed by atoms with van der Waals surface area (Å²) < 4.78 is 4.82. The third kappa shape index (κ3) is 4.45. The van der Waals surface area contributed by atoms with Crippen LogP contribution in [0.3, 0.4) is 0 Å². The molecule has 2 atom stereocenters. The fraction of sp³-hybridized carbons (Fsp3) is 0.300. The molecule has 1 aliphatic rings. The van der Waals surface area contributed by atoms with E-state index >= 15 is 0 Å². The van der Waals surface area contributed by atoms with Crippen LogP contribution in [0.4, 0.5) is 4.79 Å². The minimum atomic E-state index is -1.14. The van der Waals surface area contributed by atoms with Crippen LogP contribution >= 0.6 is 0 Å². The van der Waals surface area contributed by atoms with Crippen LogP contribution in [0.2, 0.25) is 0 Å². The van der Waals surface area contributed by atoms with E-state index in [0.29, 0.717) is 17.9 Å². The van der Waals surface area contributed by atoms with Crippen LogP contribution in [0.15, 0.2) is 53.3 Å². The summed E-state index contributed by atoms with van der Waals surface area (Å²) in [6, 6.07) is 9.34. The Bertz CT molecular complexity index is 912. The lowest BCUT2D eigenvalue weighted by molar-refractivity contribution is -0.139. The van der Waals surface area contributed by atoms with Gasteiger partial charge >= 0.3 is 6.03 Å². The van der Waals surface area contributed by atoms with Crippen LogP contribution in [0.5, 0.6) is 0 Å². The van der Waals surface area contributed by atoms with Gasteiger partial charge in [-0.3, -0.25) is 19.8 Å². The van der Waals surface area contributed by atoms with Gasteiger partial charge in [-0.05, 0) is 38.3 Å². The Kier molecular flexibility index (Phi) is 5.67. The monoisotopic (exact) mass is 398 g/mol. The minimum absolute atomic E-state index is 0.258. The first-order valence-electron chi connectivity index (χ1n) is 9.14. The SMILES string of the molecule is C[C@@H](NC(=O)c1ccoc1)C(=O)NN1C(=O)N[C@](C)(CCc2ccccc2)C1=O. The maximum Gasteiger partial charge on any atom is 0.344 e. The van der Waals surface area contributed by atoms with Crippen molar-refractivity contribution < 1.29 is 23.6 Å². The lowest BCUT2D eigenvalue weighted by Crippen LogP contribution is -2.54. The molecule has 0 unspecified atom stereocenters.